The highest BCUT2D eigenvalue weighted by Gasteiger charge is 2.25. The third kappa shape index (κ3) is 6.10. The summed E-state index contributed by atoms with van der Waals surface area (Å²) in [4.78, 5) is 23.3. The average Bonchev–Trinajstić information content (AvgIpc) is 3.23. The van der Waals surface area contributed by atoms with E-state index in [1.165, 1.54) is 27.8 Å². The molecule has 0 saturated carbocycles. The first kappa shape index (κ1) is 28.5. The zero-order chi connectivity index (χ0) is 24.2. The van der Waals surface area contributed by atoms with E-state index in [-0.39, 0.29) is 23.2 Å². The summed E-state index contributed by atoms with van der Waals surface area (Å²) in [7, 11) is 0.343. The summed E-state index contributed by atoms with van der Waals surface area (Å²) in [5, 5.41) is 0.637. The van der Waals surface area contributed by atoms with Crippen LogP contribution in [0.25, 0.3) is 10.2 Å². The Hall–Kier alpha value is -1.69. The van der Waals surface area contributed by atoms with Crippen molar-refractivity contribution < 1.29 is 13.2 Å². The van der Waals surface area contributed by atoms with Gasteiger partial charge in [0.15, 0.2) is 5.13 Å². The summed E-state index contributed by atoms with van der Waals surface area (Å²) >= 11 is 3.11. The Labute approximate surface area is 216 Å². The lowest BCUT2D eigenvalue weighted by Gasteiger charge is -2.22. The van der Waals surface area contributed by atoms with Crippen molar-refractivity contribution >= 4 is 66.8 Å². The van der Waals surface area contributed by atoms with Gasteiger partial charge in [-0.05, 0) is 56.7 Å². The summed E-state index contributed by atoms with van der Waals surface area (Å²) in [6.45, 7) is 5.55. The Morgan fingerprint density at radius 3 is 2.24 bits per heavy atom. The molecule has 0 unspecified atom stereocenters. The molecule has 0 spiro atoms. The Balaban J connectivity index is 0.00000408. The molecular formula is C23H31ClN4O3S3. The number of benzene rings is 2. The number of aromatic nitrogens is 1. The highest BCUT2D eigenvalue weighted by Crippen LogP contribution is 2.34. The molecule has 0 saturated heterocycles. The molecule has 0 fully saturated rings. The number of para-hydroxylation sites is 1. The molecule has 0 bridgehead atoms. The van der Waals surface area contributed by atoms with E-state index in [4.69, 9.17) is 4.98 Å². The lowest BCUT2D eigenvalue weighted by molar-refractivity contribution is 0.0985. The number of anilines is 1. The van der Waals surface area contributed by atoms with Crippen LogP contribution in [0.1, 0.15) is 24.2 Å². The summed E-state index contributed by atoms with van der Waals surface area (Å²) < 4.78 is 28.0. The van der Waals surface area contributed by atoms with Gasteiger partial charge in [0.25, 0.3) is 5.91 Å². The number of sulfonamides is 1. The van der Waals surface area contributed by atoms with Gasteiger partial charge >= 0.3 is 0 Å². The second kappa shape index (κ2) is 12.3. The van der Waals surface area contributed by atoms with Crippen molar-refractivity contribution in [3.63, 3.8) is 0 Å². The first-order valence-corrected chi connectivity index (χ1v) is 14.2. The van der Waals surface area contributed by atoms with Gasteiger partial charge < -0.3 is 4.90 Å². The number of thiazole rings is 1. The van der Waals surface area contributed by atoms with Crippen molar-refractivity contribution in [1.82, 2.24) is 14.2 Å². The number of carbonyl (C=O) groups excluding carboxylic acids is 1. The van der Waals surface area contributed by atoms with Crippen molar-refractivity contribution in [3.8, 4) is 0 Å². The standard InChI is InChI=1S/C23H30N4O3S3.ClH/c1-6-26(7-2)33(29,30)18-13-11-17(12-14-18)22(28)27(16-15-25(3)4)23-24-21-19(31-5)9-8-10-20(21)32-23;/h8-14H,6-7,15-16H2,1-5H3;1H. The molecule has 186 valence electrons. The number of amides is 1. The number of hydrogen-bond acceptors (Lipinski definition) is 7. The largest absolute Gasteiger partial charge is 0.308 e. The maximum Gasteiger partial charge on any atom is 0.260 e. The fraction of sp³-hybridized carbons (Fsp3) is 0.391. The maximum absolute atomic E-state index is 13.5. The van der Waals surface area contributed by atoms with Crippen molar-refractivity contribution in [3.05, 3.63) is 48.0 Å². The van der Waals surface area contributed by atoms with Crippen LogP contribution in [-0.4, -0.2) is 75.0 Å². The SMILES string of the molecule is CCN(CC)S(=O)(=O)c1ccc(C(=O)N(CCN(C)C)c2nc3c(SC)cccc3s2)cc1.Cl. The molecule has 3 aromatic rings. The molecule has 34 heavy (non-hydrogen) atoms. The van der Waals surface area contributed by atoms with Crippen LogP contribution in [0.4, 0.5) is 5.13 Å². The number of likely N-dealkylation sites (N-methyl/N-ethyl adjacent to an activating group) is 1. The van der Waals surface area contributed by atoms with Gasteiger partial charge in [-0.25, -0.2) is 13.4 Å². The Morgan fingerprint density at radius 2 is 1.68 bits per heavy atom. The minimum atomic E-state index is -3.57. The highest BCUT2D eigenvalue weighted by atomic mass is 35.5. The smallest absolute Gasteiger partial charge is 0.260 e. The summed E-state index contributed by atoms with van der Waals surface area (Å²) in [5.41, 5.74) is 1.32. The fourth-order valence-electron chi connectivity index (χ4n) is 3.41. The summed E-state index contributed by atoms with van der Waals surface area (Å²) in [5.74, 6) is -0.201. The normalized spacial score (nSPS) is 11.7. The number of hydrogen-bond donors (Lipinski definition) is 0. The van der Waals surface area contributed by atoms with Crippen molar-refractivity contribution in [2.45, 2.75) is 23.6 Å². The molecule has 0 atom stereocenters. The van der Waals surface area contributed by atoms with E-state index in [0.717, 1.165) is 15.1 Å². The van der Waals surface area contributed by atoms with Gasteiger partial charge in [-0.15, -0.1) is 24.2 Å². The van der Waals surface area contributed by atoms with E-state index in [2.05, 4.69) is 0 Å². The van der Waals surface area contributed by atoms with E-state index in [1.54, 1.807) is 28.8 Å². The molecule has 0 aliphatic carbocycles. The molecular weight excluding hydrogens is 512 g/mol. The van der Waals surface area contributed by atoms with Gasteiger partial charge in [0, 0.05) is 36.6 Å². The van der Waals surface area contributed by atoms with Crippen LogP contribution in [0.15, 0.2) is 52.3 Å². The lowest BCUT2D eigenvalue weighted by Crippen LogP contribution is -2.36. The first-order chi connectivity index (χ1) is 15.7. The molecule has 1 heterocycles. The number of fused-ring (bicyclic) bond motifs is 1. The number of rotatable bonds is 10. The van der Waals surface area contributed by atoms with Crippen LogP contribution >= 0.6 is 35.5 Å². The number of carbonyl (C=O) groups is 1. The van der Waals surface area contributed by atoms with Gasteiger partial charge in [-0.1, -0.05) is 31.3 Å². The van der Waals surface area contributed by atoms with E-state index < -0.39 is 10.0 Å². The topological polar surface area (TPSA) is 73.8 Å². The summed E-state index contributed by atoms with van der Waals surface area (Å²) in [6, 6.07) is 12.2. The third-order valence-electron chi connectivity index (χ3n) is 5.28. The number of halogens is 1. The Morgan fingerprint density at radius 1 is 1.03 bits per heavy atom. The second-order valence-corrected chi connectivity index (χ2v) is 11.5. The van der Waals surface area contributed by atoms with Gasteiger partial charge in [0.05, 0.1) is 15.1 Å². The molecule has 1 amide bonds. The number of thioether (sulfide) groups is 1. The molecule has 0 aliphatic rings. The summed E-state index contributed by atoms with van der Waals surface area (Å²) in [6.07, 6.45) is 2.01. The molecule has 0 radical (unpaired) electrons. The van der Waals surface area contributed by atoms with Crippen LogP contribution in [0.3, 0.4) is 0 Å². The Kier molecular flexibility index (Phi) is 10.3. The minimum absolute atomic E-state index is 0. The van der Waals surface area contributed by atoms with Crippen LogP contribution < -0.4 is 4.90 Å². The van der Waals surface area contributed by atoms with Crippen LogP contribution in [0.5, 0.6) is 0 Å². The molecule has 0 N–H and O–H groups in total. The van der Waals surface area contributed by atoms with Crippen molar-refractivity contribution in [2.24, 2.45) is 0 Å². The van der Waals surface area contributed by atoms with Crippen LogP contribution in [0.2, 0.25) is 0 Å². The van der Waals surface area contributed by atoms with Gasteiger partial charge in [-0.2, -0.15) is 4.31 Å². The lowest BCUT2D eigenvalue weighted by atomic mass is 10.2. The van der Waals surface area contributed by atoms with E-state index in [9.17, 15) is 13.2 Å². The molecule has 2 aromatic carbocycles. The van der Waals surface area contributed by atoms with E-state index >= 15 is 0 Å². The monoisotopic (exact) mass is 542 g/mol. The van der Waals surface area contributed by atoms with Crippen LogP contribution in [0, 0.1) is 0 Å². The van der Waals surface area contributed by atoms with Crippen molar-refractivity contribution in [2.75, 3.05) is 51.4 Å². The van der Waals surface area contributed by atoms with Gasteiger partial charge in [0.2, 0.25) is 10.0 Å². The fourth-order valence-corrected chi connectivity index (χ4v) is 6.52. The molecule has 3 rings (SSSR count). The molecule has 7 nitrogen and oxygen atoms in total. The Bertz CT molecular complexity index is 1210. The van der Waals surface area contributed by atoms with Crippen molar-refractivity contribution in [1.29, 1.82) is 0 Å². The van der Waals surface area contributed by atoms with E-state index in [0.29, 0.717) is 36.9 Å². The highest BCUT2D eigenvalue weighted by molar-refractivity contribution is 7.98. The van der Waals surface area contributed by atoms with Crippen LogP contribution in [-0.2, 0) is 10.0 Å². The third-order valence-corrected chi connectivity index (χ3v) is 9.16. The van der Waals surface area contributed by atoms with E-state index in [1.807, 2.05) is 57.3 Å². The quantitative estimate of drug-likeness (QED) is 0.346. The minimum Gasteiger partial charge on any atom is -0.308 e. The first-order valence-electron chi connectivity index (χ1n) is 10.7. The predicted octanol–water partition coefficient (Wildman–Crippen LogP) is 4.68. The molecule has 11 heteroatoms. The van der Waals surface area contributed by atoms with Gasteiger partial charge in [-0.3, -0.25) is 9.69 Å². The zero-order valence-corrected chi connectivity index (χ0v) is 23.3. The zero-order valence-electron chi connectivity index (χ0n) is 20.0. The molecule has 1 aromatic heterocycles. The maximum atomic E-state index is 13.5. The second-order valence-electron chi connectivity index (χ2n) is 7.68. The predicted molar refractivity (Wildman–Crippen MR) is 145 cm³/mol. The number of nitrogens with zero attached hydrogens (tertiary/aromatic N) is 4. The average molecular weight is 543 g/mol. The van der Waals surface area contributed by atoms with Gasteiger partial charge in [0.1, 0.15) is 0 Å². The molecule has 0 aliphatic heterocycles.